The quantitative estimate of drug-likeness (QED) is 0.339. The zero-order valence-corrected chi connectivity index (χ0v) is 17.9. The maximum absolute atomic E-state index is 12.7. The van der Waals surface area contributed by atoms with Crippen LogP contribution in [-0.2, 0) is 9.59 Å². The predicted molar refractivity (Wildman–Crippen MR) is 113 cm³/mol. The highest BCUT2D eigenvalue weighted by Crippen LogP contribution is 2.31. The number of carbonyl (C=O) groups excluding carboxylic acids is 2. The van der Waals surface area contributed by atoms with Crippen molar-refractivity contribution in [2.45, 2.75) is 0 Å². The molecule has 2 aromatic carbocycles. The molecular weight excluding hydrogens is 569 g/mol. The molecule has 0 bridgehead atoms. The van der Waals surface area contributed by atoms with Crippen LogP contribution in [0.15, 0.2) is 42.0 Å². The van der Waals surface area contributed by atoms with E-state index in [-0.39, 0.29) is 5.57 Å². The van der Waals surface area contributed by atoms with Crippen molar-refractivity contribution in [1.29, 1.82) is 0 Å². The van der Waals surface area contributed by atoms with Crippen LogP contribution in [0.3, 0.4) is 0 Å². The molecule has 128 valence electrons. The summed E-state index contributed by atoms with van der Waals surface area (Å²) in [6, 6.07) is 10.5. The van der Waals surface area contributed by atoms with E-state index in [2.05, 4.69) is 50.6 Å². The lowest BCUT2D eigenvalue weighted by molar-refractivity contribution is -0.117. The normalized spacial score (nSPS) is 15.7. The third-order valence-electron chi connectivity index (χ3n) is 3.52. The fraction of sp³-hybridized carbons (Fsp3) is 0.0588. The number of hydrogen-bond donors (Lipinski definition) is 1. The van der Waals surface area contributed by atoms with Crippen LogP contribution >= 0.6 is 56.8 Å². The highest BCUT2D eigenvalue weighted by Gasteiger charge is 2.34. The first kappa shape index (κ1) is 18.5. The second kappa shape index (κ2) is 7.50. The molecule has 0 saturated carbocycles. The Kier molecular flexibility index (Phi) is 5.54. The first-order valence-electron chi connectivity index (χ1n) is 7.06. The summed E-state index contributed by atoms with van der Waals surface area (Å²) < 4.78 is 7.29. The first-order valence-corrected chi connectivity index (χ1v) is 9.60. The van der Waals surface area contributed by atoms with Crippen LogP contribution in [0, 0.1) is 7.14 Å². The number of benzene rings is 2. The van der Waals surface area contributed by atoms with Gasteiger partial charge in [-0.15, -0.1) is 0 Å². The fourth-order valence-electron chi connectivity index (χ4n) is 2.39. The Bertz CT molecular complexity index is 898. The van der Waals surface area contributed by atoms with Gasteiger partial charge in [0.25, 0.3) is 11.8 Å². The van der Waals surface area contributed by atoms with Crippen LogP contribution in [0.25, 0.3) is 6.08 Å². The summed E-state index contributed by atoms with van der Waals surface area (Å²) in [6.45, 7) is 0. The molecule has 25 heavy (non-hydrogen) atoms. The average Bonchev–Trinajstić information content (AvgIpc) is 2.83. The standard InChI is InChI=1S/C17H11ClI2N2O3/c1-25-15-9(6-11(19)8-14(15)20)7-13-16(23)21-22(17(13)24)12-4-2-10(18)3-5-12/h2-8H,1H3,(H,21,23). The SMILES string of the molecule is COc1c(I)cc(I)cc1C=C1C(=O)NN(c2ccc(Cl)cc2)C1=O. The molecule has 3 rings (SSSR count). The number of hydrogen-bond acceptors (Lipinski definition) is 3. The molecule has 8 heteroatoms. The van der Waals surface area contributed by atoms with Gasteiger partial charge in [-0.05, 0) is 87.7 Å². The Morgan fingerprint density at radius 1 is 1.16 bits per heavy atom. The van der Waals surface area contributed by atoms with Gasteiger partial charge in [0.05, 0.1) is 16.4 Å². The molecule has 1 fully saturated rings. The molecule has 1 aliphatic heterocycles. The van der Waals surface area contributed by atoms with Crippen molar-refractivity contribution in [2.24, 2.45) is 0 Å². The van der Waals surface area contributed by atoms with Crippen molar-refractivity contribution >= 4 is 80.4 Å². The van der Waals surface area contributed by atoms with Gasteiger partial charge in [0, 0.05) is 14.2 Å². The molecular formula is C17H11ClI2N2O3. The van der Waals surface area contributed by atoms with Gasteiger partial charge >= 0.3 is 0 Å². The van der Waals surface area contributed by atoms with Gasteiger partial charge in [-0.3, -0.25) is 15.0 Å². The van der Waals surface area contributed by atoms with Crippen molar-refractivity contribution in [1.82, 2.24) is 5.43 Å². The molecule has 1 saturated heterocycles. The highest BCUT2D eigenvalue weighted by atomic mass is 127. The van der Waals surface area contributed by atoms with E-state index < -0.39 is 11.8 Å². The largest absolute Gasteiger partial charge is 0.495 e. The van der Waals surface area contributed by atoms with Crippen LogP contribution < -0.4 is 15.2 Å². The Balaban J connectivity index is 2.01. The fourth-order valence-corrected chi connectivity index (χ4v) is 4.62. The van der Waals surface area contributed by atoms with E-state index in [0.717, 1.165) is 7.14 Å². The Hall–Kier alpha value is -1.33. The summed E-state index contributed by atoms with van der Waals surface area (Å²) in [6.07, 6.45) is 1.55. The molecule has 0 aromatic heterocycles. The summed E-state index contributed by atoms with van der Waals surface area (Å²) in [7, 11) is 1.56. The maximum atomic E-state index is 12.7. The number of hydrazine groups is 1. The number of amides is 2. The molecule has 2 amide bonds. The zero-order valence-electron chi connectivity index (χ0n) is 12.8. The van der Waals surface area contributed by atoms with Gasteiger partial charge in [0.15, 0.2) is 0 Å². The van der Waals surface area contributed by atoms with Gasteiger partial charge in [-0.25, -0.2) is 5.01 Å². The second-order valence-corrected chi connectivity index (χ2v) is 7.97. The highest BCUT2D eigenvalue weighted by molar-refractivity contribution is 14.1. The van der Waals surface area contributed by atoms with Gasteiger partial charge in [0.2, 0.25) is 0 Å². The minimum Gasteiger partial charge on any atom is -0.495 e. The summed E-state index contributed by atoms with van der Waals surface area (Å²) in [5, 5.41) is 1.76. The lowest BCUT2D eigenvalue weighted by Gasteiger charge is -2.14. The first-order chi connectivity index (χ1) is 11.9. The van der Waals surface area contributed by atoms with Crippen LogP contribution in [0.1, 0.15) is 5.56 Å². The van der Waals surface area contributed by atoms with Crippen LogP contribution in [0.2, 0.25) is 5.02 Å². The lowest BCUT2D eigenvalue weighted by atomic mass is 10.1. The van der Waals surface area contributed by atoms with E-state index in [1.807, 2.05) is 12.1 Å². The van der Waals surface area contributed by atoms with E-state index in [4.69, 9.17) is 16.3 Å². The van der Waals surface area contributed by atoms with E-state index in [1.165, 1.54) is 5.01 Å². The second-order valence-electron chi connectivity index (χ2n) is 5.13. The number of rotatable bonds is 3. The van der Waals surface area contributed by atoms with E-state index in [0.29, 0.717) is 22.0 Å². The average molecular weight is 581 g/mol. The van der Waals surface area contributed by atoms with Crippen molar-refractivity contribution in [2.75, 3.05) is 12.1 Å². The molecule has 0 atom stereocenters. The van der Waals surface area contributed by atoms with Crippen molar-refractivity contribution in [3.05, 3.63) is 59.7 Å². The molecule has 2 aromatic rings. The van der Waals surface area contributed by atoms with E-state index >= 15 is 0 Å². The molecule has 0 unspecified atom stereocenters. The number of ether oxygens (including phenoxy) is 1. The number of nitrogens with zero attached hydrogens (tertiary/aromatic N) is 1. The van der Waals surface area contributed by atoms with Gasteiger partial charge in [0.1, 0.15) is 11.3 Å². The molecule has 1 aliphatic rings. The molecule has 5 nitrogen and oxygen atoms in total. The van der Waals surface area contributed by atoms with Crippen LogP contribution in [0.4, 0.5) is 5.69 Å². The van der Waals surface area contributed by atoms with Crippen LogP contribution in [-0.4, -0.2) is 18.9 Å². The van der Waals surface area contributed by atoms with Crippen molar-refractivity contribution in [3.8, 4) is 5.75 Å². The maximum Gasteiger partial charge on any atom is 0.282 e. The number of nitrogens with one attached hydrogen (secondary N) is 1. The van der Waals surface area contributed by atoms with Gasteiger partial charge in [-0.2, -0.15) is 0 Å². The zero-order chi connectivity index (χ0) is 18.1. The number of methoxy groups -OCH3 is 1. The number of anilines is 1. The Morgan fingerprint density at radius 2 is 1.84 bits per heavy atom. The molecule has 0 radical (unpaired) electrons. The van der Waals surface area contributed by atoms with Crippen molar-refractivity contribution < 1.29 is 14.3 Å². The Labute approximate surface area is 176 Å². The van der Waals surface area contributed by atoms with Crippen LogP contribution in [0.5, 0.6) is 5.75 Å². The molecule has 1 N–H and O–H groups in total. The van der Waals surface area contributed by atoms with E-state index in [1.54, 1.807) is 37.5 Å². The lowest BCUT2D eigenvalue weighted by Crippen LogP contribution is -2.35. The topological polar surface area (TPSA) is 58.6 Å². The Morgan fingerprint density at radius 3 is 2.48 bits per heavy atom. The summed E-state index contributed by atoms with van der Waals surface area (Å²) in [4.78, 5) is 25.0. The molecule has 1 heterocycles. The summed E-state index contributed by atoms with van der Waals surface area (Å²) in [5.41, 5.74) is 3.83. The summed E-state index contributed by atoms with van der Waals surface area (Å²) >= 11 is 10.2. The number of halogens is 3. The predicted octanol–water partition coefficient (Wildman–Crippen LogP) is 4.02. The summed E-state index contributed by atoms with van der Waals surface area (Å²) in [5.74, 6) is -0.266. The third-order valence-corrected chi connectivity index (χ3v) is 5.19. The third kappa shape index (κ3) is 3.77. The minimum atomic E-state index is -0.462. The molecule has 0 spiro atoms. The minimum absolute atomic E-state index is 0.0473. The molecule has 0 aliphatic carbocycles. The number of carbonyl (C=O) groups is 2. The smallest absolute Gasteiger partial charge is 0.282 e. The monoisotopic (exact) mass is 580 g/mol. The van der Waals surface area contributed by atoms with Gasteiger partial charge in [-0.1, -0.05) is 11.6 Å². The van der Waals surface area contributed by atoms with Crippen molar-refractivity contribution in [3.63, 3.8) is 0 Å². The van der Waals surface area contributed by atoms with Gasteiger partial charge < -0.3 is 4.74 Å². The van der Waals surface area contributed by atoms with E-state index in [9.17, 15) is 9.59 Å².